The minimum absolute atomic E-state index is 0.664. The minimum atomic E-state index is -4.69. The zero-order valence-electron chi connectivity index (χ0n) is 3.22. The molecule has 0 heterocycles. The highest BCUT2D eigenvalue weighted by atomic mass is 33.2. The smallest absolute Gasteiger partial charge is 0.175 e. The molecule has 8 heteroatoms. The largest absolute Gasteiger partial charge is 0.337 e. The van der Waals surface area contributed by atoms with Crippen molar-refractivity contribution in [3.05, 3.63) is 0 Å². The summed E-state index contributed by atoms with van der Waals surface area (Å²) in [4.78, 5) is 0. The number of hydrogen-bond acceptors (Lipinski definition) is 2. The molecular formula is F4P2S2. The van der Waals surface area contributed by atoms with Crippen molar-refractivity contribution in [2.24, 2.45) is 0 Å². The molecule has 0 rings (SSSR count). The maximum absolute atomic E-state index is 11.4. The van der Waals surface area contributed by atoms with Crippen LogP contribution in [0.15, 0.2) is 0 Å². The zero-order chi connectivity index (χ0) is 6.78. The van der Waals surface area contributed by atoms with E-state index in [-0.39, 0.29) is 0 Å². The molecule has 0 aromatic heterocycles. The van der Waals surface area contributed by atoms with Crippen LogP contribution in [0.4, 0.5) is 16.8 Å². The number of rotatable bonds is 2. The Morgan fingerprint density at radius 3 is 1.75 bits per heavy atom. The molecule has 0 spiro atoms. The Kier molecular flexibility index (Phi) is 3.83. The van der Waals surface area contributed by atoms with Gasteiger partial charge in [0.05, 0.1) is 0 Å². The molecule has 0 amide bonds. The predicted octanol–water partition coefficient (Wildman–Crippen LogP) is 4.05. The molecule has 0 aromatic rings. The molecule has 0 radical (unpaired) electrons. The summed E-state index contributed by atoms with van der Waals surface area (Å²) in [5, 5.41) is 0. The normalized spacial score (nSPS) is 12.6. The number of hydrogen-bond donors (Lipinski definition) is 0. The molecule has 0 N–H and O–H groups in total. The molecule has 0 unspecified atom stereocenters. The highest BCUT2D eigenvalue weighted by Gasteiger charge is 2.22. The summed E-state index contributed by atoms with van der Waals surface area (Å²) >= 11 is 2.77. The average molecular weight is 202 g/mol. The van der Waals surface area contributed by atoms with Gasteiger partial charge in [-0.25, -0.2) is 0 Å². The lowest BCUT2D eigenvalue weighted by Crippen LogP contribution is -1.41. The molecule has 0 aromatic carbocycles. The van der Waals surface area contributed by atoms with Crippen molar-refractivity contribution in [2.45, 2.75) is 0 Å². The van der Waals surface area contributed by atoms with Crippen molar-refractivity contribution >= 4 is 36.4 Å². The van der Waals surface area contributed by atoms with Gasteiger partial charge in [0.2, 0.25) is 0 Å². The van der Waals surface area contributed by atoms with E-state index < -0.39 is 24.6 Å². The summed E-state index contributed by atoms with van der Waals surface area (Å²) in [6.07, 6.45) is 0. The number of halogens is 4. The van der Waals surface area contributed by atoms with E-state index in [2.05, 4.69) is 11.8 Å². The van der Waals surface area contributed by atoms with Gasteiger partial charge in [-0.1, -0.05) is 0 Å². The predicted molar refractivity (Wildman–Crippen MR) is 33.2 cm³/mol. The van der Waals surface area contributed by atoms with Crippen molar-refractivity contribution in [1.29, 1.82) is 0 Å². The highest BCUT2D eigenvalue weighted by molar-refractivity contribution is 8.90. The summed E-state index contributed by atoms with van der Waals surface area (Å²) < 4.78 is 44.9. The minimum Gasteiger partial charge on any atom is -0.175 e. The second-order valence-corrected chi connectivity index (χ2v) is 8.33. The first-order valence-corrected chi connectivity index (χ1v) is 6.96. The Balaban J connectivity index is 3.56. The van der Waals surface area contributed by atoms with Crippen LogP contribution >= 0.6 is 24.6 Å². The van der Waals surface area contributed by atoms with Crippen LogP contribution in [0.2, 0.25) is 0 Å². The Labute approximate surface area is 53.8 Å². The van der Waals surface area contributed by atoms with Gasteiger partial charge in [-0.3, -0.25) is 0 Å². The van der Waals surface area contributed by atoms with Gasteiger partial charge in [0.15, 0.2) is 0 Å². The van der Waals surface area contributed by atoms with Crippen LogP contribution in [0, 0.1) is 0 Å². The molecule has 0 fully saturated rings. The van der Waals surface area contributed by atoms with Crippen LogP contribution in [0.5, 0.6) is 0 Å². The van der Waals surface area contributed by atoms with Crippen LogP contribution in [-0.4, -0.2) is 0 Å². The molecule has 50 valence electrons. The fourth-order valence-electron chi connectivity index (χ4n) is 0.0719. The van der Waals surface area contributed by atoms with Gasteiger partial charge in [-0.15, -0.1) is 0 Å². The summed E-state index contributed by atoms with van der Waals surface area (Å²) in [7, 11) is -3.58. The first kappa shape index (κ1) is 9.15. The SMILES string of the molecule is FP(F)SP(F)(F)=S. The highest BCUT2D eigenvalue weighted by Crippen LogP contribution is 2.76. The Bertz CT molecular complexity index is 105. The molecule has 8 heavy (non-hydrogen) atoms. The van der Waals surface area contributed by atoms with E-state index in [0.29, 0.717) is 0 Å². The standard InChI is InChI=1S/F4P2S2/c1-5(2)8-6(3,4)7. The molecule has 0 aliphatic rings. The molecule has 0 atom stereocenters. The van der Waals surface area contributed by atoms with E-state index in [0.717, 1.165) is 0 Å². The monoisotopic (exact) mass is 202 g/mol. The van der Waals surface area contributed by atoms with E-state index >= 15 is 0 Å². The fourth-order valence-corrected chi connectivity index (χ4v) is 3.30. The molecule has 0 nitrogen and oxygen atoms in total. The first-order valence-electron chi connectivity index (χ1n) is 1.22. The lowest BCUT2D eigenvalue weighted by Gasteiger charge is -1.95. The lowest BCUT2D eigenvalue weighted by molar-refractivity contribution is 0.767. The summed E-state index contributed by atoms with van der Waals surface area (Å²) in [5.41, 5.74) is 0. The van der Waals surface area contributed by atoms with Crippen LogP contribution in [0.1, 0.15) is 0 Å². The van der Waals surface area contributed by atoms with Crippen molar-refractivity contribution in [3.63, 3.8) is 0 Å². The second-order valence-electron chi connectivity index (χ2n) is 0.698. The third-order valence-electron chi connectivity index (χ3n) is 0.157. The maximum Gasteiger partial charge on any atom is 0.337 e. The quantitative estimate of drug-likeness (QED) is 0.489. The summed E-state index contributed by atoms with van der Waals surface area (Å²) in [5.74, 6) is -4.69. The van der Waals surface area contributed by atoms with Gasteiger partial charge < -0.3 is 0 Å². The Hall–Kier alpha value is 1.15. The van der Waals surface area contributed by atoms with E-state index in [1.165, 1.54) is 0 Å². The van der Waals surface area contributed by atoms with E-state index in [1.807, 2.05) is 0 Å². The van der Waals surface area contributed by atoms with Crippen LogP contribution in [0.25, 0.3) is 0 Å². The van der Waals surface area contributed by atoms with Gasteiger partial charge in [0, 0.05) is 11.0 Å². The summed E-state index contributed by atoms with van der Waals surface area (Å²) in [6, 6.07) is 0. The third kappa shape index (κ3) is 7.15. The van der Waals surface area contributed by atoms with E-state index in [1.54, 1.807) is 0 Å². The van der Waals surface area contributed by atoms with Gasteiger partial charge in [-0.2, -0.15) is 16.8 Å². The molecular weight excluding hydrogens is 202 g/mol. The van der Waals surface area contributed by atoms with Gasteiger partial charge in [0.1, 0.15) is 0 Å². The Morgan fingerprint density at radius 2 is 1.75 bits per heavy atom. The maximum atomic E-state index is 11.4. The van der Waals surface area contributed by atoms with Crippen LogP contribution < -0.4 is 0 Å². The average Bonchev–Trinajstić information content (AvgIpc) is 1.21. The second kappa shape index (κ2) is 3.35. The zero-order valence-corrected chi connectivity index (χ0v) is 6.64. The van der Waals surface area contributed by atoms with Crippen molar-refractivity contribution in [2.75, 3.05) is 0 Å². The van der Waals surface area contributed by atoms with Crippen LogP contribution in [0.3, 0.4) is 0 Å². The fraction of sp³-hybridized carbons (Fsp3) is 0. The lowest BCUT2D eigenvalue weighted by atomic mass is 18.8. The van der Waals surface area contributed by atoms with Gasteiger partial charge >= 0.3 is 13.6 Å². The first-order chi connectivity index (χ1) is 3.42. The van der Waals surface area contributed by atoms with Gasteiger partial charge in [0.25, 0.3) is 0 Å². The van der Waals surface area contributed by atoms with Crippen molar-refractivity contribution in [1.82, 2.24) is 0 Å². The molecule has 0 saturated heterocycles. The van der Waals surface area contributed by atoms with E-state index in [9.17, 15) is 16.8 Å². The topological polar surface area (TPSA) is 0 Å². The molecule has 0 saturated carbocycles. The van der Waals surface area contributed by atoms with Crippen LogP contribution in [-0.2, 0) is 11.8 Å². The van der Waals surface area contributed by atoms with Crippen molar-refractivity contribution < 1.29 is 16.8 Å². The van der Waals surface area contributed by atoms with E-state index in [4.69, 9.17) is 0 Å². The van der Waals surface area contributed by atoms with Gasteiger partial charge in [-0.05, 0) is 11.8 Å². The van der Waals surface area contributed by atoms with Crippen molar-refractivity contribution in [3.8, 4) is 0 Å². The molecule has 0 aliphatic heterocycles. The molecule has 0 bridgehead atoms. The molecule has 0 aliphatic carbocycles. The third-order valence-corrected chi connectivity index (χ3v) is 6.03. The Morgan fingerprint density at radius 1 is 1.38 bits per heavy atom. The summed E-state index contributed by atoms with van der Waals surface area (Å²) in [6.45, 7) is 0.